The van der Waals surface area contributed by atoms with Crippen molar-refractivity contribution in [1.82, 2.24) is 10.2 Å². The van der Waals surface area contributed by atoms with Gasteiger partial charge >= 0.3 is 0 Å². The number of rotatable bonds is 4. The van der Waals surface area contributed by atoms with E-state index in [1.165, 1.54) is 24.9 Å². The van der Waals surface area contributed by atoms with Crippen LogP contribution in [0.2, 0.25) is 0 Å². The largest absolute Gasteiger partial charge is 0.311 e. The minimum absolute atomic E-state index is 0.499. The maximum absolute atomic E-state index is 5.62. The van der Waals surface area contributed by atoms with Crippen molar-refractivity contribution in [2.24, 2.45) is 11.8 Å². The van der Waals surface area contributed by atoms with Gasteiger partial charge in [0.25, 0.3) is 0 Å². The first-order valence-corrected chi connectivity index (χ1v) is 7.31. The second-order valence-corrected chi connectivity index (χ2v) is 5.82. The first-order valence-electron chi connectivity index (χ1n) is 7.31. The first kappa shape index (κ1) is 12.7. The molecular weight excluding hydrogens is 232 g/mol. The van der Waals surface area contributed by atoms with Crippen LogP contribution >= 0.6 is 0 Å². The second-order valence-electron chi connectivity index (χ2n) is 5.82. The summed E-state index contributed by atoms with van der Waals surface area (Å²) < 4.78 is 0. The Balaban J connectivity index is 1.49. The fraction of sp³-hybridized carbons (Fsp3) is 0.529. The van der Waals surface area contributed by atoms with Crippen LogP contribution in [0.4, 0.5) is 0 Å². The average molecular weight is 254 g/mol. The molecule has 3 aliphatic rings. The highest BCUT2D eigenvalue weighted by Gasteiger charge is 2.38. The highest BCUT2D eigenvalue weighted by molar-refractivity contribution is 5.14. The highest BCUT2D eigenvalue weighted by atomic mass is 15.2. The number of benzene rings is 1. The molecule has 2 heteroatoms. The van der Waals surface area contributed by atoms with Gasteiger partial charge in [0.15, 0.2) is 0 Å². The lowest BCUT2D eigenvalue weighted by Crippen LogP contribution is -2.55. The molecule has 19 heavy (non-hydrogen) atoms. The molecule has 0 radical (unpaired) electrons. The van der Waals surface area contributed by atoms with E-state index in [-0.39, 0.29) is 0 Å². The third kappa shape index (κ3) is 2.83. The fourth-order valence-corrected chi connectivity index (χ4v) is 3.52. The zero-order chi connectivity index (χ0) is 13.1. The van der Waals surface area contributed by atoms with Gasteiger partial charge in [0.2, 0.25) is 0 Å². The topological polar surface area (TPSA) is 15.3 Å². The van der Waals surface area contributed by atoms with Crippen LogP contribution in [0.25, 0.3) is 0 Å². The molecule has 4 unspecified atom stereocenters. The maximum atomic E-state index is 5.62. The van der Waals surface area contributed by atoms with Gasteiger partial charge in [-0.05, 0) is 30.9 Å². The molecule has 0 aromatic heterocycles. The predicted molar refractivity (Wildman–Crippen MR) is 78.6 cm³/mol. The Kier molecular flexibility index (Phi) is 3.87. The molecule has 3 saturated heterocycles. The predicted octanol–water partition coefficient (Wildman–Crippen LogP) is 2.12. The van der Waals surface area contributed by atoms with E-state index in [1.807, 2.05) is 0 Å². The van der Waals surface area contributed by atoms with Gasteiger partial charge in [0.1, 0.15) is 0 Å². The van der Waals surface area contributed by atoms with Gasteiger partial charge in [-0.2, -0.15) is 0 Å². The minimum atomic E-state index is 0.499. The number of hydrogen-bond acceptors (Lipinski definition) is 2. The van der Waals surface area contributed by atoms with E-state index in [0.29, 0.717) is 12.0 Å². The van der Waals surface area contributed by atoms with E-state index in [1.54, 1.807) is 0 Å². The molecule has 1 aromatic rings. The third-order valence-corrected chi connectivity index (χ3v) is 4.64. The van der Waals surface area contributed by atoms with E-state index < -0.39 is 0 Å². The Morgan fingerprint density at radius 1 is 1.32 bits per heavy atom. The quantitative estimate of drug-likeness (QED) is 0.828. The van der Waals surface area contributed by atoms with Gasteiger partial charge in [0.05, 0.1) is 0 Å². The van der Waals surface area contributed by atoms with Gasteiger partial charge < -0.3 is 5.32 Å². The zero-order valence-electron chi connectivity index (χ0n) is 11.4. The Morgan fingerprint density at radius 3 is 2.84 bits per heavy atom. The van der Waals surface area contributed by atoms with Crippen molar-refractivity contribution in [2.45, 2.75) is 25.4 Å². The van der Waals surface area contributed by atoms with Gasteiger partial charge in [-0.3, -0.25) is 4.90 Å². The third-order valence-electron chi connectivity index (χ3n) is 4.64. The molecule has 4 rings (SSSR count). The van der Waals surface area contributed by atoms with Crippen molar-refractivity contribution in [3.63, 3.8) is 0 Å². The summed E-state index contributed by atoms with van der Waals surface area (Å²) in [6.45, 7) is 4.40. The van der Waals surface area contributed by atoms with Crippen molar-refractivity contribution < 1.29 is 0 Å². The summed E-state index contributed by atoms with van der Waals surface area (Å²) in [5, 5.41) is 3.60. The molecule has 0 spiro atoms. The molecule has 2 nitrogen and oxygen atoms in total. The molecule has 1 N–H and O–H groups in total. The number of nitrogens with one attached hydrogen (secondary N) is 1. The van der Waals surface area contributed by atoms with E-state index in [9.17, 15) is 0 Å². The highest BCUT2D eigenvalue weighted by Crippen LogP contribution is 2.35. The summed E-state index contributed by atoms with van der Waals surface area (Å²) in [6.07, 6.45) is 8.19. The number of piperidine rings is 3. The average Bonchev–Trinajstić information content (AvgIpc) is 2.49. The van der Waals surface area contributed by atoms with Crippen LogP contribution in [0.5, 0.6) is 0 Å². The van der Waals surface area contributed by atoms with Crippen LogP contribution in [0, 0.1) is 24.2 Å². The normalized spacial score (nSPS) is 33.0. The fourth-order valence-electron chi connectivity index (χ4n) is 3.52. The minimum Gasteiger partial charge on any atom is -0.311 e. The van der Waals surface area contributed by atoms with Gasteiger partial charge in [-0.25, -0.2) is 0 Å². The molecule has 100 valence electrons. The maximum Gasteiger partial charge on any atom is 0.0356 e. The second kappa shape index (κ2) is 5.77. The summed E-state index contributed by atoms with van der Waals surface area (Å²) in [7, 11) is 0. The standard InChI is InChI=1S/C17H22N2/c1-2-15-13-19-9-8-16(15)10-17(19)12-18-11-14-6-4-3-5-7-14/h1,3-7,15-18H,8-13H2. The molecule has 3 aliphatic heterocycles. The summed E-state index contributed by atoms with van der Waals surface area (Å²) in [4.78, 5) is 2.59. The number of fused-ring (bicyclic) bond motifs is 3. The molecule has 3 heterocycles. The van der Waals surface area contributed by atoms with Crippen molar-refractivity contribution in [3.8, 4) is 12.3 Å². The summed E-state index contributed by atoms with van der Waals surface area (Å²) in [5.41, 5.74) is 1.36. The lowest BCUT2D eigenvalue weighted by molar-refractivity contribution is 0.0227. The number of hydrogen-bond donors (Lipinski definition) is 1. The molecule has 0 saturated carbocycles. The van der Waals surface area contributed by atoms with Crippen LogP contribution in [0.15, 0.2) is 30.3 Å². The van der Waals surface area contributed by atoms with E-state index in [4.69, 9.17) is 6.42 Å². The molecule has 4 atom stereocenters. The number of terminal acetylenes is 1. The molecular formula is C17H22N2. The van der Waals surface area contributed by atoms with Gasteiger partial charge in [-0.15, -0.1) is 12.3 Å². The van der Waals surface area contributed by atoms with Crippen LogP contribution in [0.3, 0.4) is 0 Å². The smallest absolute Gasteiger partial charge is 0.0356 e. The Morgan fingerprint density at radius 2 is 2.16 bits per heavy atom. The van der Waals surface area contributed by atoms with E-state index in [0.717, 1.165) is 25.6 Å². The number of nitrogens with zero attached hydrogens (tertiary/aromatic N) is 1. The van der Waals surface area contributed by atoms with Crippen molar-refractivity contribution in [3.05, 3.63) is 35.9 Å². The summed E-state index contributed by atoms with van der Waals surface area (Å²) in [6, 6.07) is 11.3. The Hall–Kier alpha value is -1.30. The van der Waals surface area contributed by atoms with Gasteiger partial charge in [0, 0.05) is 31.6 Å². The lowest BCUT2D eigenvalue weighted by Gasteiger charge is -2.48. The van der Waals surface area contributed by atoms with Crippen LogP contribution in [-0.2, 0) is 6.54 Å². The van der Waals surface area contributed by atoms with Crippen molar-refractivity contribution in [1.29, 1.82) is 0 Å². The van der Waals surface area contributed by atoms with Crippen molar-refractivity contribution in [2.75, 3.05) is 19.6 Å². The zero-order valence-corrected chi connectivity index (χ0v) is 11.4. The SMILES string of the molecule is C#CC1CN2CCC1CC2CNCc1ccccc1. The molecule has 3 fully saturated rings. The monoisotopic (exact) mass is 254 g/mol. The Labute approximate surface area is 116 Å². The summed E-state index contributed by atoms with van der Waals surface area (Å²) >= 11 is 0. The molecule has 0 aliphatic carbocycles. The molecule has 2 bridgehead atoms. The van der Waals surface area contributed by atoms with Crippen molar-refractivity contribution >= 4 is 0 Å². The summed E-state index contributed by atoms with van der Waals surface area (Å²) in [5.74, 6) is 4.24. The van der Waals surface area contributed by atoms with Crippen LogP contribution in [-0.4, -0.2) is 30.6 Å². The Bertz CT molecular complexity index is 448. The van der Waals surface area contributed by atoms with E-state index in [2.05, 4.69) is 46.5 Å². The molecule has 0 amide bonds. The molecule has 1 aromatic carbocycles. The van der Waals surface area contributed by atoms with Crippen LogP contribution in [0.1, 0.15) is 18.4 Å². The van der Waals surface area contributed by atoms with E-state index >= 15 is 0 Å². The lowest BCUT2D eigenvalue weighted by atomic mass is 9.76. The van der Waals surface area contributed by atoms with Crippen LogP contribution < -0.4 is 5.32 Å². The van der Waals surface area contributed by atoms with Gasteiger partial charge in [-0.1, -0.05) is 30.3 Å². The first-order chi connectivity index (χ1) is 9.36.